The van der Waals surface area contributed by atoms with Gasteiger partial charge in [0.2, 0.25) is 0 Å². The smallest absolute Gasteiger partial charge is 0.399 e. The number of benzene rings is 1. The highest BCUT2D eigenvalue weighted by atomic mass is 16.7. The average Bonchev–Trinajstić information content (AvgIpc) is 2.60. The molecule has 1 saturated heterocycles. The van der Waals surface area contributed by atoms with Crippen LogP contribution in [0, 0.1) is 0 Å². The van der Waals surface area contributed by atoms with Gasteiger partial charge in [0.15, 0.2) is 0 Å². The summed E-state index contributed by atoms with van der Waals surface area (Å²) in [7, 11) is 3.91. The second kappa shape index (κ2) is 5.27. The maximum Gasteiger partial charge on any atom is 0.494 e. The molecule has 0 saturated carbocycles. The fourth-order valence-electron chi connectivity index (χ4n) is 2.34. The summed E-state index contributed by atoms with van der Waals surface area (Å²) < 4.78 is 12.4. The molecule has 0 amide bonds. The molecule has 1 heterocycles. The Morgan fingerprint density at radius 2 is 1.68 bits per heavy atom. The van der Waals surface area contributed by atoms with Gasteiger partial charge in [0, 0.05) is 6.54 Å². The van der Waals surface area contributed by atoms with Gasteiger partial charge in [-0.05, 0) is 46.8 Å². The maximum absolute atomic E-state index is 6.25. The van der Waals surface area contributed by atoms with E-state index in [9.17, 15) is 0 Å². The van der Waals surface area contributed by atoms with Crippen molar-refractivity contribution < 1.29 is 9.31 Å². The van der Waals surface area contributed by atoms with Crippen molar-refractivity contribution >= 4 is 12.6 Å². The largest absolute Gasteiger partial charge is 0.494 e. The molecular weight excluding hydrogens is 237 g/mol. The molecule has 4 heteroatoms. The fraction of sp³-hybridized carbons (Fsp3) is 0.600. The minimum atomic E-state index is -0.288. The van der Waals surface area contributed by atoms with Gasteiger partial charge >= 0.3 is 7.12 Å². The Morgan fingerprint density at radius 3 is 2.26 bits per heavy atom. The zero-order valence-corrected chi connectivity index (χ0v) is 12.6. The molecule has 1 aliphatic heterocycles. The summed E-state index contributed by atoms with van der Waals surface area (Å²) >= 11 is 0. The monoisotopic (exact) mass is 261 g/mol. The van der Waals surface area contributed by atoms with Crippen molar-refractivity contribution in [3.8, 4) is 0 Å². The van der Waals surface area contributed by atoms with Crippen LogP contribution in [-0.2, 0) is 9.31 Å². The summed E-state index contributed by atoms with van der Waals surface area (Å²) in [5.41, 5.74) is 0.533. The Kier molecular flexibility index (Phi) is 4.04. The standard InChI is InChI=1S/C15H24BNO2/c1-14(2)15(3,11-12-17(4)5)19-16(18-14)13-9-7-6-8-10-13/h6-10H,11-12H2,1-5H3. The van der Waals surface area contributed by atoms with E-state index in [1.54, 1.807) is 0 Å². The molecule has 1 unspecified atom stereocenters. The number of hydrogen-bond acceptors (Lipinski definition) is 3. The highest BCUT2D eigenvalue weighted by molar-refractivity contribution is 6.62. The summed E-state index contributed by atoms with van der Waals surface area (Å²) in [5, 5.41) is 0. The lowest BCUT2D eigenvalue weighted by Gasteiger charge is -2.37. The molecule has 19 heavy (non-hydrogen) atoms. The fourth-order valence-corrected chi connectivity index (χ4v) is 2.34. The summed E-state index contributed by atoms with van der Waals surface area (Å²) in [6, 6.07) is 10.2. The molecule has 3 nitrogen and oxygen atoms in total. The average molecular weight is 261 g/mol. The van der Waals surface area contributed by atoms with Gasteiger partial charge in [-0.2, -0.15) is 0 Å². The molecule has 1 aliphatic rings. The Bertz CT molecular complexity index is 421. The first-order valence-electron chi connectivity index (χ1n) is 6.89. The van der Waals surface area contributed by atoms with Crippen molar-refractivity contribution in [1.29, 1.82) is 0 Å². The summed E-state index contributed by atoms with van der Waals surface area (Å²) in [6.45, 7) is 7.38. The molecule has 2 rings (SSSR count). The van der Waals surface area contributed by atoms with Crippen molar-refractivity contribution in [3.05, 3.63) is 30.3 Å². The molecule has 0 spiro atoms. The zero-order chi connectivity index (χ0) is 14.1. The van der Waals surface area contributed by atoms with E-state index in [0.29, 0.717) is 0 Å². The maximum atomic E-state index is 6.25. The predicted molar refractivity (Wildman–Crippen MR) is 79.7 cm³/mol. The van der Waals surface area contributed by atoms with Gasteiger partial charge in [0.1, 0.15) is 0 Å². The first-order chi connectivity index (χ1) is 8.84. The molecule has 0 aromatic heterocycles. The van der Waals surface area contributed by atoms with Crippen molar-refractivity contribution in [1.82, 2.24) is 4.90 Å². The van der Waals surface area contributed by atoms with Crippen LogP contribution >= 0.6 is 0 Å². The third-order valence-corrected chi connectivity index (χ3v) is 4.15. The van der Waals surface area contributed by atoms with Crippen LogP contribution in [0.1, 0.15) is 27.2 Å². The van der Waals surface area contributed by atoms with E-state index in [2.05, 4.69) is 51.9 Å². The summed E-state index contributed by atoms with van der Waals surface area (Å²) in [5.74, 6) is 0. The number of rotatable bonds is 4. The molecule has 1 atom stereocenters. The lowest BCUT2D eigenvalue weighted by atomic mass is 9.79. The molecule has 1 fully saturated rings. The predicted octanol–water partition coefficient (Wildman–Crippen LogP) is 1.92. The SMILES string of the molecule is CN(C)CCC1(C)OB(c2ccccc2)OC1(C)C. The Labute approximate surface area is 117 Å². The van der Waals surface area contributed by atoms with Crippen LogP contribution in [0.4, 0.5) is 0 Å². The Balaban J connectivity index is 2.14. The van der Waals surface area contributed by atoms with Gasteiger partial charge in [0.05, 0.1) is 11.2 Å². The second-order valence-electron chi connectivity index (χ2n) is 6.27. The van der Waals surface area contributed by atoms with Gasteiger partial charge < -0.3 is 14.2 Å². The Morgan fingerprint density at radius 1 is 1.05 bits per heavy atom. The van der Waals surface area contributed by atoms with E-state index in [1.807, 2.05) is 18.2 Å². The minimum Gasteiger partial charge on any atom is -0.399 e. The highest BCUT2D eigenvalue weighted by Crippen LogP contribution is 2.39. The molecule has 1 aromatic rings. The van der Waals surface area contributed by atoms with Crippen LogP contribution in [0.2, 0.25) is 0 Å². The van der Waals surface area contributed by atoms with Crippen molar-refractivity contribution in [2.75, 3.05) is 20.6 Å². The van der Waals surface area contributed by atoms with Gasteiger partial charge in [0.25, 0.3) is 0 Å². The van der Waals surface area contributed by atoms with Crippen LogP contribution in [0.5, 0.6) is 0 Å². The third kappa shape index (κ3) is 3.02. The topological polar surface area (TPSA) is 21.7 Å². The molecule has 0 aliphatic carbocycles. The van der Waals surface area contributed by atoms with Crippen LogP contribution < -0.4 is 5.46 Å². The molecule has 0 radical (unpaired) electrons. The van der Waals surface area contributed by atoms with Gasteiger partial charge in [-0.3, -0.25) is 0 Å². The van der Waals surface area contributed by atoms with E-state index in [1.165, 1.54) is 0 Å². The van der Waals surface area contributed by atoms with Crippen molar-refractivity contribution in [2.24, 2.45) is 0 Å². The third-order valence-electron chi connectivity index (χ3n) is 4.15. The highest BCUT2D eigenvalue weighted by Gasteiger charge is 2.54. The van der Waals surface area contributed by atoms with E-state index < -0.39 is 0 Å². The second-order valence-corrected chi connectivity index (χ2v) is 6.27. The van der Waals surface area contributed by atoms with Gasteiger partial charge in [-0.15, -0.1) is 0 Å². The van der Waals surface area contributed by atoms with Crippen molar-refractivity contribution in [3.63, 3.8) is 0 Å². The van der Waals surface area contributed by atoms with Crippen molar-refractivity contribution in [2.45, 2.75) is 38.4 Å². The van der Waals surface area contributed by atoms with E-state index in [0.717, 1.165) is 18.4 Å². The molecule has 1 aromatic carbocycles. The quantitative estimate of drug-likeness (QED) is 0.773. The lowest BCUT2D eigenvalue weighted by molar-refractivity contribution is -0.0193. The van der Waals surface area contributed by atoms with E-state index in [-0.39, 0.29) is 18.3 Å². The van der Waals surface area contributed by atoms with Crippen LogP contribution in [0.25, 0.3) is 0 Å². The first-order valence-corrected chi connectivity index (χ1v) is 6.89. The lowest BCUT2D eigenvalue weighted by Crippen LogP contribution is -2.46. The summed E-state index contributed by atoms with van der Waals surface area (Å²) in [4.78, 5) is 2.18. The normalized spacial score (nSPS) is 26.1. The number of hydrogen-bond donors (Lipinski definition) is 0. The minimum absolute atomic E-state index is 0.261. The van der Waals surface area contributed by atoms with Gasteiger partial charge in [-0.25, -0.2) is 0 Å². The molecule has 0 N–H and O–H groups in total. The van der Waals surface area contributed by atoms with Crippen LogP contribution in [0.15, 0.2) is 30.3 Å². The Hall–Kier alpha value is -0.835. The molecule has 0 bridgehead atoms. The summed E-state index contributed by atoms with van der Waals surface area (Å²) in [6.07, 6.45) is 0.955. The first kappa shape index (κ1) is 14.6. The van der Waals surface area contributed by atoms with E-state index in [4.69, 9.17) is 9.31 Å². The zero-order valence-electron chi connectivity index (χ0n) is 12.6. The molecular formula is C15H24BNO2. The van der Waals surface area contributed by atoms with Crippen LogP contribution in [0.3, 0.4) is 0 Å². The van der Waals surface area contributed by atoms with Gasteiger partial charge in [-0.1, -0.05) is 30.3 Å². The van der Waals surface area contributed by atoms with E-state index >= 15 is 0 Å². The number of nitrogens with zero attached hydrogens (tertiary/aromatic N) is 1. The van der Waals surface area contributed by atoms with Crippen LogP contribution in [-0.4, -0.2) is 43.9 Å². The molecule has 104 valence electrons.